The summed E-state index contributed by atoms with van der Waals surface area (Å²) < 4.78 is 5.22. The maximum atomic E-state index is 12.0. The number of nitrogens with one attached hydrogen (secondary N) is 3. The molecule has 0 unspecified atom stereocenters. The molecule has 29 heavy (non-hydrogen) atoms. The van der Waals surface area contributed by atoms with Gasteiger partial charge in [-0.25, -0.2) is 4.98 Å². The number of pyridine rings is 1. The lowest BCUT2D eigenvalue weighted by Crippen LogP contribution is -2.33. The molecule has 0 atom stereocenters. The quantitative estimate of drug-likeness (QED) is 0.644. The smallest absolute Gasteiger partial charge is 0.290 e. The van der Waals surface area contributed by atoms with E-state index in [0.717, 1.165) is 37.3 Å². The Balaban J connectivity index is 1.76. The summed E-state index contributed by atoms with van der Waals surface area (Å²) in [5.41, 5.74) is 4.40. The standard InChI is InChI=1S/C22H28N4O2S/c1-4-5-7-18-17-14-29-22(2,3)12-15(17)16(13-23)20(26-18)24-9-10-25-21(27)19-8-6-11-28-19/h6,8,11H,4-5,7,9-10,12,14H2,1-3H3,(H,24,26)(H,25,27)/p+1. The zero-order chi connectivity index (χ0) is 20.9. The normalized spacial score (nSPS) is 14.7. The summed E-state index contributed by atoms with van der Waals surface area (Å²) in [6.07, 6.45) is 5.58. The van der Waals surface area contributed by atoms with Crippen molar-refractivity contribution in [3.05, 3.63) is 46.5 Å². The number of aromatic amines is 1. The second kappa shape index (κ2) is 9.36. The number of carbonyl (C=O) groups is 1. The SMILES string of the molecule is CCCCc1[nH+]c(NCCNC(=O)c2ccco2)c(C#N)c2c1CSC(C)(C)C2. The number of nitrogens with zero attached hydrogens (tertiary/aromatic N) is 1. The van der Waals surface area contributed by atoms with Gasteiger partial charge in [-0.3, -0.25) is 10.1 Å². The summed E-state index contributed by atoms with van der Waals surface area (Å²) in [5.74, 6) is 1.75. The number of thioether (sulfide) groups is 1. The van der Waals surface area contributed by atoms with Crippen molar-refractivity contribution in [3.63, 3.8) is 0 Å². The number of unbranched alkanes of at least 4 members (excludes halogenated alkanes) is 1. The van der Waals surface area contributed by atoms with Crippen molar-refractivity contribution in [2.45, 2.75) is 57.0 Å². The van der Waals surface area contributed by atoms with Crippen molar-refractivity contribution in [3.8, 4) is 6.07 Å². The summed E-state index contributed by atoms with van der Waals surface area (Å²) in [4.78, 5) is 15.5. The molecule has 0 aromatic carbocycles. The highest BCUT2D eigenvalue weighted by Gasteiger charge is 2.33. The van der Waals surface area contributed by atoms with Gasteiger partial charge in [0.1, 0.15) is 23.9 Å². The van der Waals surface area contributed by atoms with Crippen LogP contribution in [0.5, 0.6) is 0 Å². The van der Waals surface area contributed by atoms with Crippen molar-refractivity contribution >= 4 is 23.5 Å². The summed E-state index contributed by atoms with van der Waals surface area (Å²) in [6, 6.07) is 5.73. The van der Waals surface area contributed by atoms with Crippen LogP contribution in [0.2, 0.25) is 0 Å². The second-order valence-corrected chi connectivity index (χ2v) is 9.59. The van der Waals surface area contributed by atoms with E-state index < -0.39 is 0 Å². The fourth-order valence-electron chi connectivity index (χ4n) is 3.57. The van der Waals surface area contributed by atoms with Crippen LogP contribution in [0.15, 0.2) is 22.8 Å². The van der Waals surface area contributed by atoms with E-state index in [2.05, 4.69) is 42.5 Å². The number of hydrogen-bond donors (Lipinski definition) is 2. The minimum Gasteiger partial charge on any atom is -0.459 e. The molecule has 0 radical (unpaired) electrons. The Morgan fingerprint density at radius 1 is 1.38 bits per heavy atom. The number of amides is 1. The Labute approximate surface area is 176 Å². The van der Waals surface area contributed by atoms with E-state index in [1.54, 1.807) is 12.1 Å². The number of carbonyl (C=O) groups excluding carboxylic acids is 1. The molecule has 1 aliphatic heterocycles. The molecule has 3 N–H and O–H groups in total. The van der Waals surface area contributed by atoms with Crippen molar-refractivity contribution < 1.29 is 14.2 Å². The van der Waals surface area contributed by atoms with E-state index in [9.17, 15) is 10.1 Å². The first-order valence-electron chi connectivity index (χ1n) is 10.1. The molecule has 2 aromatic heterocycles. The van der Waals surface area contributed by atoms with Crippen molar-refractivity contribution in [2.24, 2.45) is 0 Å². The molecule has 154 valence electrons. The zero-order valence-electron chi connectivity index (χ0n) is 17.4. The molecule has 0 fully saturated rings. The lowest BCUT2D eigenvalue weighted by Gasteiger charge is -2.31. The molecule has 0 aliphatic carbocycles. The molecule has 0 spiro atoms. The average molecular weight is 414 g/mol. The first-order valence-corrected chi connectivity index (χ1v) is 11.1. The Morgan fingerprint density at radius 3 is 2.90 bits per heavy atom. The molecule has 0 bridgehead atoms. The van der Waals surface area contributed by atoms with Gasteiger partial charge in [-0.15, -0.1) is 0 Å². The number of fused-ring (bicyclic) bond motifs is 1. The van der Waals surface area contributed by atoms with Crippen molar-refractivity contribution in [1.29, 1.82) is 5.26 Å². The van der Waals surface area contributed by atoms with E-state index in [0.29, 0.717) is 24.4 Å². The maximum absolute atomic E-state index is 12.0. The Bertz CT molecular complexity index is 901. The third-order valence-corrected chi connectivity index (χ3v) is 6.47. The van der Waals surface area contributed by atoms with Gasteiger partial charge < -0.3 is 9.73 Å². The predicted octanol–water partition coefficient (Wildman–Crippen LogP) is 3.72. The first kappa shape index (κ1) is 21.3. The van der Waals surface area contributed by atoms with Gasteiger partial charge in [0, 0.05) is 22.5 Å². The zero-order valence-corrected chi connectivity index (χ0v) is 18.2. The van der Waals surface area contributed by atoms with Crippen molar-refractivity contribution in [1.82, 2.24) is 5.32 Å². The van der Waals surface area contributed by atoms with Crippen LogP contribution in [0, 0.1) is 11.3 Å². The van der Waals surface area contributed by atoms with Crippen LogP contribution in [0.3, 0.4) is 0 Å². The van der Waals surface area contributed by atoms with E-state index >= 15 is 0 Å². The molecule has 2 aromatic rings. The summed E-state index contributed by atoms with van der Waals surface area (Å²) in [5, 5.41) is 16.0. The highest BCUT2D eigenvalue weighted by Crippen LogP contribution is 2.41. The van der Waals surface area contributed by atoms with E-state index in [-0.39, 0.29) is 10.7 Å². The van der Waals surface area contributed by atoms with Crippen LogP contribution in [0.25, 0.3) is 0 Å². The molecule has 3 rings (SSSR count). The number of aryl methyl sites for hydroxylation is 1. The topological polar surface area (TPSA) is 92.2 Å². The van der Waals surface area contributed by atoms with E-state index in [4.69, 9.17) is 4.42 Å². The van der Waals surface area contributed by atoms with Crippen LogP contribution in [0.4, 0.5) is 5.82 Å². The fraction of sp³-hybridized carbons (Fsp3) is 0.500. The predicted molar refractivity (Wildman–Crippen MR) is 115 cm³/mol. The van der Waals surface area contributed by atoms with E-state index in [1.807, 2.05) is 11.8 Å². The number of hydrogen-bond acceptors (Lipinski definition) is 5. The number of furan rings is 1. The Morgan fingerprint density at radius 2 is 2.21 bits per heavy atom. The number of aromatic nitrogens is 1. The van der Waals surface area contributed by atoms with Gasteiger partial charge in [-0.2, -0.15) is 17.0 Å². The Hall–Kier alpha value is -2.46. The summed E-state index contributed by atoms with van der Waals surface area (Å²) in [7, 11) is 0. The molecule has 0 saturated heterocycles. The lowest BCUT2D eigenvalue weighted by molar-refractivity contribution is -0.374. The number of rotatable bonds is 8. The van der Waals surface area contributed by atoms with Crippen LogP contribution >= 0.6 is 11.8 Å². The van der Waals surface area contributed by atoms with Crippen LogP contribution in [-0.2, 0) is 18.6 Å². The Kier molecular flexibility index (Phi) is 6.86. The van der Waals surface area contributed by atoms with E-state index in [1.165, 1.54) is 23.1 Å². The third kappa shape index (κ3) is 5.13. The molecule has 1 aliphatic rings. The van der Waals surface area contributed by atoms with Gasteiger partial charge in [0.15, 0.2) is 5.76 Å². The number of H-pyrrole nitrogens is 1. The molecule has 1 amide bonds. The first-order chi connectivity index (χ1) is 13.9. The summed E-state index contributed by atoms with van der Waals surface area (Å²) in [6.45, 7) is 7.61. The molecule has 0 saturated carbocycles. The maximum Gasteiger partial charge on any atom is 0.290 e. The average Bonchev–Trinajstić information content (AvgIpc) is 3.23. The molecule has 6 nitrogen and oxygen atoms in total. The number of nitriles is 1. The lowest BCUT2D eigenvalue weighted by atomic mass is 9.91. The van der Waals surface area contributed by atoms with Gasteiger partial charge in [0.05, 0.1) is 12.8 Å². The minimum absolute atomic E-state index is 0.121. The van der Waals surface area contributed by atoms with Gasteiger partial charge in [0.2, 0.25) is 0 Å². The second-order valence-electron chi connectivity index (χ2n) is 7.91. The van der Waals surface area contributed by atoms with Gasteiger partial charge in [-0.1, -0.05) is 27.2 Å². The van der Waals surface area contributed by atoms with Gasteiger partial charge >= 0.3 is 0 Å². The molecular formula is C22H29N4O2S+. The monoisotopic (exact) mass is 413 g/mol. The molecule has 3 heterocycles. The van der Waals surface area contributed by atoms with Crippen LogP contribution < -0.4 is 15.6 Å². The molecular weight excluding hydrogens is 384 g/mol. The van der Waals surface area contributed by atoms with Crippen molar-refractivity contribution in [2.75, 3.05) is 18.4 Å². The highest BCUT2D eigenvalue weighted by atomic mass is 32.2. The highest BCUT2D eigenvalue weighted by molar-refractivity contribution is 7.99. The number of anilines is 1. The third-order valence-electron chi connectivity index (χ3n) is 5.12. The van der Waals surface area contributed by atoms with Gasteiger partial charge in [-0.05, 0) is 30.5 Å². The summed E-state index contributed by atoms with van der Waals surface area (Å²) >= 11 is 1.95. The minimum atomic E-state index is -0.242. The van der Waals surface area contributed by atoms with Gasteiger partial charge in [0.25, 0.3) is 11.7 Å². The van der Waals surface area contributed by atoms with Crippen LogP contribution in [-0.4, -0.2) is 23.7 Å². The fourth-order valence-corrected chi connectivity index (χ4v) is 4.70. The largest absolute Gasteiger partial charge is 0.459 e. The molecule has 7 heteroatoms. The van der Waals surface area contributed by atoms with Crippen LogP contribution in [0.1, 0.15) is 66.6 Å².